The van der Waals surface area contributed by atoms with Crippen molar-refractivity contribution < 1.29 is 18.7 Å². The van der Waals surface area contributed by atoms with Crippen molar-refractivity contribution in [1.29, 1.82) is 0 Å². The Morgan fingerprint density at radius 2 is 1.84 bits per heavy atom. The van der Waals surface area contributed by atoms with Crippen molar-refractivity contribution in [1.82, 2.24) is 9.88 Å². The van der Waals surface area contributed by atoms with Gasteiger partial charge >= 0.3 is 0 Å². The zero-order valence-corrected chi connectivity index (χ0v) is 18.6. The normalized spacial score (nSPS) is 19.5. The van der Waals surface area contributed by atoms with Crippen LogP contribution in [0.4, 0.5) is 6.01 Å². The number of hydrogen-bond acceptors (Lipinski definition) is 6. The smallest absolute Gasteiger partial charge is 0.298 e. The lowest BCUT2D eigenvalue weighted by molar-refractivity contribution is -0.137. The van der Waals surface area contributed by atoms with Crippen LogP contribution in [0.25, 0.3) is 11.1 Å². The summed E-state index contributed by atoms with van der Waals surface area (Å²) in [5.74, 6) is 1.86. The fourth-order valence-corrected chi connectivity index (χ4v) is 5.00. The van der Waals surface area contributed by atoms with E-state index in [2.05, 4.69) is 14.8 Å². The number of anilines is 1. The van der Waals surface area contributed by atoms with Crippen LogP contribution in [-0.4, -0.2) is 49.6 Å². The van der Waals surface area contributed by atoms with Gasteiger partial charge < -0.3 is 23.7 Å². The number of aromatic nitrogens is 1. The van der Waals surface area contributed by atoms with Crippen molar-refractivity contribution >= 4 is 23.0 Å². The minimum atomic E-state index is 0.0211. The molecule has 0 aliphatic carbocycles. The van der Waals surface area contributed by atoms with Gasteiger partial charge in [-0.2, -0.15) is 4.98 Å². The average Bonchev–Trinajstić information content (AvgIpc) is 3.50. The third-order valence-electron chi connectivity index (χ3n) is 6.73. The van der Waals surface area contributed by atoms with Gasteiger partial charge in [0, 0.05) is 31.1 Å². The molecule has 2 saturated heterocycles. The second-order valence-electron chi connectivity index (χ2n) is 8.52. The maximum absolute atomic E-state index is 13.5. The van der Waals surface area contributed by atoms with Crippen molar-refractivity contribution in [3.8, 4) is 11.5 Å². The van der Waals surface area contributed by atoms with Gasteiger partial charge in [0.1, 0.15) is 17.0 Å². The summed E-state index contributed by atoms with van der Waals surface area (Å²) in [6.45, 7) is 2.32. The van der Waals surface area contributed by atoms with E-state index in [9.17, 15) is 4.79 Å². The monoisotopic (exact) mass is 435 g/mol. The lowest BCUT2D eigenvalue weighted by Gasteiger charge is -2.34. The number of fused-ring (bicyclic) bond motifs is 1. The highest BCUT2D eigenvalue weighted by atomic mass is 16.5. The van der Waals surface area contributed by atoms with Crippen LogP contribution in [0, 0.1) is 5.92 Å². The van der Waals surface area contributed by atoms with Gasteiger partial charge in [0.2, 0.25) is 5.91 Å². The topological polar surface area (TPSA) is 68.0 Å². The van der Waals surface area contributed by atoms with Gasteiger partial charge in [-0.25, -0.2) is 0 Å². The molecular formula is C25H29N3O4. The Bertz CT molecular complexity index is 1070. The molecule has 0 saturated carbocycles. The Balaban J connectivity index is 1.28. The van der Waals surface area contributed by atoms with Crippen molar-refractivity contribution in [3.63, 3.8) is 0 Å². The zero-order valence-electron chi connectivity index (χ0n) is 18.6. The summed E-state index contributed by atoms with van der Waals surface area (Å²) < 4.78 is 16.9. The first kappa shape index (κ1) is 20.7. The van der Waals surface area contributed by atoms with E-state index in [0.29, 0.717) is 6.01 Å². The molecule has 0 spiro atoms. The molecule has 2 aliphatic rings. The molecule has 1 atom stereocenters. The molecule has 1 amide bonds. The fourth-order valence-electron chi connectivity index (χ4n) is 5.00. The van der Waals surface area contributed by atoms with Crippen LogP contribution in [0.15, 0.2) is 46.9 Å². The molecule has 0 radical (unpaired) electrons. The minimum Gasteiger partial charge on any atom is -0.497 e. The summed E-state index contributed by atoms with van der Waals surface area (Å²) in [4.78, 5) is 22.3. The molecule has 5 rings (SSSR count). The Hall–Kier alpha value is -3.22. The van der Waals surface area contributed by atoms with E-state index in [1.807, 2.05) is 42.5 Å². The second kappa shape index (κ2) is 8.73. The SMILES string of the molecule is COc1ccc(OC)c(C2CCCN2C(=O)C2CCN(c3nc4ccccc4o3)CC2)c1. The summed E-state index contributed by atoms with van der Waals surface area (Å²) in [6, 6.07) is 14.3. The molecule has 2 aromatic carbocycles. The Morgan fingerprint density at radius 1 is 1.03 bits per heavy atom. The van der Waals surface area contributed by atoms with Crippen LogP contribution in [-0.2, 0) is 4.79 Å². The Morgan fingerprint density at radius 3 is 2.59 bits per heavy atom. The average molecular weight is 436 g/mol. The first-order valence-corrected chi connectivity index (χ1v) is 11.3. The standard InChI is InChI=1S/C25H29N3O4/c1-30-18-9-10-22(31-2)19(16-18)21-7-5-13-28(21)24(29)17-11-14-27(15-12-17)25-26-20-6-3-4-8-23(20)32-25/h3-4,6,8-10,16-17,21H,5,7,11-15H2,1-2H3. The molecule has 1 unspecified atom stereocenters. The van der Waals surface area contributed by atoms with Gasteiger partial charge in [-0.1, -0.05) is 12.1 Å². The van der Waals surface area contributed by atoms with E-state index in [-0.39, 0.29) is 17.9 Å². The lowest BCUT2D eigenvalue weighted by Crippen LogP contribution is -2.42. The van der Waals surface area contributed by atoms with Crippen molar-refractivity contribution in [2.75, 3.05) is 38.8 Å². The van der Waals surface area contributed by atoms with Gasteiger partial charge in [-0.05, 0) is 56.0 Å². The number of methoxy groups -OCH3 is 2. The van der Waals surface area contributed by atoms with E-state index in [0.717, 1.165) is 73.5 Å². The van der Waals surface area contributed by atoms with Crippen LogP contribution in [0.3, 0.4) is 0 Å². The number of hydrogen-bond donors (Lipinski definition) is 0. The summed E-state index contributed by atoms with van der Waals surface area (Å²) in [6.07, 6.45) is 3.54. The van der Waals surface area contributed by atoms with Crippen LogP contribution < -0.4 is 14.4 Å². The largest absolute Gasteiger partial charge is 0.497 e. The molecule has 7 nitrogen and oxygen atoms in total. The number of rotatable bonds is 5. The highest BCUT2D eigenvalue weighted by molar-refractivity contribution is 5.80. The lowest BCUT2D eigenvalue weighted by atomic mass is 9.94. The van der Waals surface area contributed by atoms with Gasteiger partial charge in [-0.15, -0.1) is 0 Å². The van der Waals surface area contributed by atoms with E-state index >= 15 is 0 Å². The Kier molecular flexibility index (Phi) is 5.64. The molecule has 0 bridgehead atoms. The first-order valence-electron chi connectivity index (χ1n) is 11.3. The predicted molar refractivity (Wildman–Crippen MR) is 122 cm³/mol. The molecule has 3 aromatic rings. The quantitative estimate of drug-likeness (QED) is 0.591. The highest BCUT2D eigenvalue weighted by Crippen LogP contribution is 2.40. The number of benzene rings is 2. The number of carbonyl (C=O) groups excluding carboxylic acids is 1. The predicted octanol–water partition coefficient (Wildman–Crippen LogP) is 4.43. The number of piperidine rings is 1. The molecule has 2 fully saturated rings. The van der Waals surface area contributed by atoms with E-state index in [4.69, 9.17) is 13.9 Å². The minimum absolute atomic E-state index is 0.0211. The number of likely N-dealkylation sites (tertiary alicyclic amines) is 1. The Labute approximate surface area is 187 Å². The number of para-hydroxylation sites is 2. The molecule has 1 aromatic heterocycles. The van der Waals surface area contributed by atoms with Crippen molar-refractivity contribution in [2.45, 2.75) is 31.7 Å². The van der Waals surface area contributed by atoms with E-state index in [1.165, 1.54) is 0 Å². The van der Waals surface area contributed by atoms with Gasteiger partial charge in [0.15, 0.2) is 5.58 Å². The summed E-state index contributed by atoms with van der Waals surface area (Å²) in [5.41, 5.74) is 2.70. The molecule has 32 heavy (non-hydrogen) atoms. The maximum atomic E-state index is 13.5. The summed E-state index contributed by atoms with van der Waals surface area (Å²) in [5, 5.41) is 0. The fraction of sp³-hybridized carbons (Fsp3) is 0.440. The number of amides is 1. The summed E-state index contributed by atoms with van der Waals surface area (Å²) >= 11 is 0. The van der Waals surface area contributed by atoms with E-state index < -0.39 is 0 Å². The van der Waals surface area contributed by atoms with E-state index in [1.54, 1.807) is 14.2 Å². The molecule has 168 valence electrons. The number of oxazole rings is 1. The number of ether oxygens (including phenoxy) is 2. The van der Waals surface area contributed by atoms with Gasteiger partial charge in [-0.3, -0.25) is 4.79 Å². The van der Waals surface area contributed by atoms with Crippen molar-refractivity contribution in [2.24, 2.45) is 5.92 Å². The van der Waals surface area contributed by atoms with Crippen LogP contribution in [0.5, 0.6) is 11.5 Å². The van der Waals surface area contributed by atoms with Crippen LogP contribution in [0.1, 0.15) is 37.3 Å². The van der Waals surface area contributed by atoms with Crippen LogP contribution >= 0.6 is 0 Å². The maximum Gasteiger partial charge on any atom is 0.298 e. The van der Waals surface area contributed by atoms with Gasteiger partial charge in [0.25, 0.3) is 6.01 Å². The summed E-state index contributed by atoms with van der Waals surface area (Å²) in [7, 11) is 3.34. The number of nitrogens with zero attached hydrogens (tertiary/aromatic N) is 3. The molecule has 0 N–H and O–H groups in total. The third kappa shape index (κ3) is 3.76. The van der Waals surface area contributed by atoms with Crippen molar-refractivity contribution in [3.05, 3.63) is 48.0 Å². The molecule has 7 heteroatoms. The third-order valence-corrected chi connectivity index (χ3v) is 6.73. The zero-order chi connectivity index (χ0) is 22.1. The molecule has 2 aliphatic heterocycles. The molecular weight excluding hydrogens is 406 g/mol. The molecule has 3 heterocycles. The first-order chi connectivity index (χ1) is 15.7. The van der Waals surface area contributed by atoms with Crippen LogP contribution in [0.2, 0.25) is 0 Å². The second-order valence-corrected chi connectivity index (χ2v) is 8.52. The number of carbonyl (C=O) groups is 1. The van der Waals surface area contributed by atoms with Gasteiger partial charge in [0.05, 0.1) is 20.3 Å². The highest BCUT2D eigenvalue weighted by Gasteiger charge is 2.37.